The van der Waals surface area contributed by atoms with Gasteiger partial charge in [-0.2, -0.15) is 0 Å². The highest BCUT2D eigenvalue weighted by atomic mass is 31.2. The first kappa shape index (κ1) is 82.0. The minimum atomic E-state index is -4.45. The number of quaternary nitrogens is 1. The summed E-state index contributed by atoms with van der Waals surface area (Å²) in [7, 11) is 1.51. The number of hydrogen-bond acceptors (Lipinski definition) is 6. The van der Waals surface area contributed by atoms with Gasteiger partial charge in [0.05, 0.1) is 33.8 Å². The van der Waals surface area contributed by atoms with E-state index in [2.05, 4.69) is 62.5 Å². The Hall–Kier alpha value is -2.03. The highest BCUT2D eigenvalue weighted by molar-refractivity contribution is 7.47. The summed E-state index contributed by atoms with van der Waals surface area (Å²) < 4.78 is 30.9. The average molecular weight is 1200 g/mol. The van der Waals surface area contributed by atoms with Crippen LogP contribution in [0, 0.1) is 0 Å². The van der Waals surface area contributed by atoms with Crippen LogP contribution in [0.15, 0.2) is 48.6 Å². The van der Waals surface area contributed by atoms with Crippen LogP contribution in [0.3, 0.4) is 0 Å². The Morgan fingerprint density at radius 2 is 0.726 bits per heavy atom. The Morgan fingerprint density at radius 3 is 1.11 bits per heavy atom. The van der Waals surface area contributed by atoms with Gasteiger partial charge in [-0.05, 0) is 89.5 Å². The van der Waals surface area contributed by atoms with Crippen molar-refractivity contribution in [2.75, 3.05) is 40.9 Å². The van der Waals surface area contributed by atoms with E-state index < -0.39 is 20.0 Å². The Bertz CT molecular complexity index is 1570. The largest absolute Gasteiger partial charge is 0.472 e. The van der Waals surface area contributed by atoms with E-state index in [4.69, 9.17) is 13.8 Å². The van der Waals surface area contributed by atoms with Gasteiger partial charge in [-0.1, -0.05) is 307 Å². The molecule has 0 aromatic carbocycles. The molecule has 10 heteroatoms. The monoisotopic (exact) mass is 1200 g/mol. The van der Waals surface area contributed by atoms with E-state index in [0.29, 0.717) is 23.9 Å². The van der Waals surface area contributed by atoms with Crippen LogP contribution in [0.1, 0.15) is 361 Å². The Labute approximate surface area is 522 Å². The lowest BCUT2D eigenvalue weighted by Crippen LogP contribution is -2.47. The maximum Gasteiger partial charge on any atom is 0.472 e. The average Bonchev–Trinajstić information content (AvgIpc) is 3.65. The van der Waals surface area contributed by atoms with Crippen molar-refractivity contribution in [3.8, 4) is 0 Å². The van der Waals surface area contributed by atoms with Crippen LogP contribution in [0.4, 0.5) is 0 Å². The molecule has 0 radical (unpaired) electrons. The van der Waals surface area contributed by atoms with E-state index in [1.165, 1.54) is 263 Å². The number of phosphoric ester groups is 1. The fourth-order valence-corrected chi connectivity index (χ4v) is 11.6. The molecule has 0 bridgehead atoms. The van der Waals surface area contributed by atoms with Gasteiger partial charge in [-0.25, -0.2) is 4.57 Å². The van der Waals surface area contributed by atoms with E-state index in [1.807, 2.05) is 33.3 Å². The molecule has 0 aliphatic rings. The molecule has 0 rings (SSSR count). The number of ether oxygens (including phenoxy) is 1. The number of hydrogen-bond donors (Lipinski definition) is 2. The molecule has 0 aromatic heterocycles. The Balaban J connectivity index is 5.01. The first-order valence-corrected chi connectivity index (χ1v) is 38.0. The normalized spacial score (nSPS) is 13.8. The fraction of sp³-hybridized carbons (Fsp3) is 0.865. The smallest absolute Gasteiger partial charge is 0.456 e. The molecule has 3 atom stereocenters. The molecule has 494 valence electrons. The first-order chi connectivity index (χ1) is 40.9. The molecule has 0 spiro atoms. The Morgan fingerprint density at radius 1 is 0.417 bits per heavy atom. The summed E-state index contributed by atoms with van der Waals surface area (Å²) in [5.74, 6) is -0.490. The molecule has 3 unspecified atom stereocenters. The third-order valence-electron chi connectivity index (χ3n) is 16.5. The van der Waals surface area contributed by atoms with Crippen molar-refractivity contribution >= 4 is 19.7 Å². The number of likely N-dealkylation sites (N-methyl/N-ethyl adjacent to an activating group) is 1. The number of amides is 1. The zero-order chi connectivity index (χ0) is 61.4. The summed E-state index contributed by atoms with van der Waals surface area (Å²) >= 11 is 0. The van der Waals surface area contributed by atoms with Gasteiger partial charge in [0.15, 0.2) is 0 Å². The molecule has 0 saturated carbocycles. The van der Waals surface area contributed by atoms with Crippen LogP contribution in [0.2, 0.25) is 0 Å². The summed E-state index contributed by atoms with van der Waals surface area (Å²) in [4.78, 5) is 37.9. The molecular weight excluding hydrogens is 1060 g/mol. The standard InChI is InChI=1S/C74H141N2O7P/c1-7-10-13-16-19-22-25-28-30-32-34-36-37-38-39-41-42-44-46-48-51-54-57-60-63-66-73(77)75-71(70-82-84(79,80)81-69-68-76(4,5)6)72(65-62-59-56-53-50-27-24-21-18-15-12-9-3)83-74(78)67-64-61-58-55-52-49-47-45-43-40-35-33-31-29-26-23-20-17-14-11-8-2/h20,23,28-31,62,65,71-72H,7-19,21-22,24-27,32-61,63-64,66-70H2,1-6H3,(H-,75,77,79,80)/p+1/b23-20-,30-28+,31-29-,65-62-. The summed E-state index contributed by atoms with van der Waals surface area (Å²) in [6.45, 7) is 7.04. The van der Waals surface area contributed by atoms with Crippen molar-refractivity contribution < 1.29 is 37.3 Å². The summed E-state index contributed by atoms with van der Waals surface area (Å²) in [6, 6.07) is -0.848. The summed E-state index contributed by atoms with van der Waals surface area (Å²) in [5, 5.41) is 3.08. The third kappa shape index (κ3) is 64.4. The number of rotatable bonds is 67. The number of nitrogens with one attached hydrogen (secondary N) is 1. The molecule has 0 heterocycles. The van der Waals surface area contributed by atoms with Gasteiger partial charge in [0, 0.05) is 12.8 Å². The fourth-order valence-electron chi connectivity index (χ4n) is 10.9. The van der Waals surface area contributed by atoms with Gasteiger partial charge in [0.1, 0.15) is 19.3 Å². The lowest BCUT2D eigenvalue weighted by atomic mass is 10.0. The minimum absolute atomic E-state index is 0.0415. The lowest BCUT2D eigenvalue weighted by molar-refractivity contribution is -0.870. The second kappa shape index (κ2) is 64.0. The first-order valence-electron chi connectivity index (χ1n) is 36.5. The van der Waals surface area contributed by atoms with Crippen LogP contribution in [-0.2, 0) is 27.9 Å². The molecule has 0 saturated heterocycles. The van der Waals surface area contributed by atoms with Gasteiger partial charge in [-0.15, -0.1) is 0 Å². The maximum absolute atomic E-state index is 13.6. The Kier molecular flexibility index (Phi) is 62.4. The molecule has 0 aliphatic carbocycles. The number of allylic oxidation sites excluding steroid dienone is 7. The van der Waals surface area contributed by atoms with Crippen LogP contribution in [-0.4, -0.2) is 74.3 Å². The maximum atomic E-state index is 13.6. The molecule has 0 fully saturated rings. The molecule has 0 aromatic rings. The van der Waals surface area contributed by atoms with Crippen molar-refractivity contribution in [1.82, 2.24) is 5.32 Å². The van der Waals surface area contributed by atoms with Crippen molar-refractivity contribution in [1.29, 1.82) is 0 Å². The second-order valence-electron chi connectivity index (χ2n) is 26.1. The zero-order valence-corrected chi connectivity index (χ0v) is 57.6. The lowest BCUT2D eigenvalue weighted by Gasteiger charge is -2.27. The van der Waals surface area contributed by atoms with Crippen LogP contribution >= 0.6 is 7.82 Å². The molecule has 84 heavy (non-hydrogen) atoms. The quantitative estimate of drug-likeness (QED) is 0.0205. The van der Waals surface area contributed by atoms with Gasteiger partial charge in [0.2, 0.25) is 5.91 Å². The second-order valence-corrected chi connectivity index (χ2v) is 27.6. The minimum Gasteiger partial charge on any atom is -0.456 e. The van der Waals surface area contributed by atoms with E-state index in [1.54, 1.807) is 0 Å². The van der Waals surface area contributed by atoms with Crippen molar-refractivity contribution in [3.05, 3.63) is 48.6 Å². The predicted molar refractivity (Wildman–Crippen MR) is 365 cm³/mol. The molecule has 0 aliphatic heterocycles. The van der Waals surface area contributed by atoms with Gasteiger partial charge < -0.3 is 19.4 Å². The van der Waals surface area contributed by atoms with Crippen LogP contribution < -0.4 is 5.32 Å². The molecular formula is C74H142N2O7P+. The number of esters is 1. The SMILES string of the molecule is CCCCC/C=C\C/C=C\CCCCCCCCCCCCCC(=O)OC(/C=C\CCCCCCCCCCCC)C(COP(=O)(O)OCC[N+](C)(C)C)NC(=O)CCCCCCCCCCCCCCCCC/C=C/CCCCCCCC. The topological polar surface area (TPSA) is 111 Å². The number of carbonyl (C=O) groups is 2. The van der Waals surface area contributed by atoms with Crippen molar-refractivity contribution in [3.63, 3.8) is 0 Å². The van der Waals surface area contributed by atoms with Crippen molar-refractivity contribution in [2.45, 2.75) is 373 Å². The van der Waals surface area contributed by atoms with Gasteiger partial charge in [0.25, 0.3) is 0 Å². The molecule has 2 N–H and O–H groups in total. The predicted octanol–water partition coefficient (Wildman–Crippen LogP) is 23.2. The third-order valence-corrected chi connectivity index (χ3v) is 17.5. The molecule has 1 amide bonds. The van der Waals surface area contributed by atoms with Crippen LogP contribution in [0.25, 0.3) is 0 Å². The number of unbranched alkanes of at least 4 members (excludes halogenated alkanes) is 45. The van der Waals surface area contributed by atoms with E-state index in [9.17, 15) is 19.0 Å². The highest BCUT2D eigenvalue weighted by Gasteiger charge is 2.30. The zero-order valence-electron chi connectivity index (χ0n) is 56.7. The number of nitrogens with zero attached hydrogens (tertiary/aromatic N) is 1. The van der Waals surface area contributed by atoms with E-state index in [0.717, 1.165) is 64.2 Å². The van der Waals surface area contributed by atoms with Gasteiger partial charge >= 0.3 is 13.8 Å². The molecule has 9 nitrogen and oxygen atoms in total. The summed E-state index contributed by atoms with van der Waals surface area (Å²) in [5.41, 5.74) is 0. The van der Waals surface area contributed by atoms with Crippen LogP contribution in [0.5, 0.6) is 0 Å². The number of phosphoric acid groups is 1. The number of carbonyl (C=O) groups excluding carboxylic acids is 2. The van der Waals surface area contributed by atoms with E-state index >= 15 is 0 Å². The van der Waals surface area contributed by atoms with E-state index in [-0.39, 0.29) is 25.1 Å². The van der Waals surface area contributed by atoms with Crippen molar-refractivity contribution in [2.24, 2.45) is 0 Å². The van der Waals surface area contributed by atoms with Gasteiger partial charge in [-0.3, -0.25) is 18.6 Å². The summed E-state index contributed by atoms with van der Waals surface area (Å²) in [6.07, 6.45) is 81.2. The highest BCUT2D eigenvalue weighted by Crippen LogP contribution is 2.43.